The van der Waals surface area contributed by atoms with Gasteiger partial charge in [-0.1, -0.05) is 18.5 Å². The van der Waals surface area contributed by atoms with E-state index in [-0.39, 0.29) is 16.4 Å². The van der Waals surface area contributed by atoms with E-state index in [1.807, 2.05) is 6.92 Å². The normalized spacial score (nSPS) is 10.5. The second kappa shape index (κ2) is 5.27. The Labute approximate surface area is 114 Å². The van der Waals surface area contributed by atoms with Gasteiger partial charge < -0.3 is 11.1 Å². The van der Waals surface area contributed by atoms with Crippen molar-refractivity contribution in [2.75, 3.05) is 11.1 Å². The number of H-pyrrole nitrogens is 1. The van der Waals surface area contributed by atoms with Crippen molar-refractivity contribution < 1.29 is 9.18 Å². The molecule has 4 N–H and O–H groups in total. The molecule has 0 aliphatic carbocycles. The van der Waals surface area contributed by atoms with Crippen molar-refractivity contribution in [1.82, 2.24) is 10.2 Å². The summed E-state index contributed by atoms with van der Waals surface area (Å²) in [5, 5.41) is 9.02. The number of benzene rings is 1. The van der Waals surface area contributed by atoms with Crippen LogP contribution in [0.1, 0.15) is 23.1 Å². The third-order valence-corrected chi connectivity index (χ3v) is 2.94. The van der Waals surface area contributed by atoms with E-state index in [0.29, 0.717) is 17.8 Å². The fourth-order valence-electron chi connectivity index (χ4n) is 1.59. The van der Waals surface area contributed by atoms with E-state index < -0.39 is 11.7 Å². The summed E-state index contributed by atoms with van der Waals surface area (Å²) in [5.41, 5.74) is 7.14. The molecule has 5 nitrogen and oxygen atoms in total. The topological polar surface area (TPSA) is 83.8 Å². The number of nitrogens with zero attached hydrogens (tertiary/aromatic N) is 1. The molecular formula is C12H12ClFN4O. The smallest absolute Gasteiger partial charge is 0.278 e. The first-order valence-electron chi connectivity index (χ1n) is 5.62. The Bertz CT molecular complexity index is 626. The van der Waals surface area contributed by atoms with Crippen LogP contribution in [0.5, 0.6) is 0 Å². The number of aryl methyl sites for hydroxylation is 1. The van der Waals surface area contributed by atoms with Crippen molar-refractivity contribution >= 4 is 28.9 Å². The van der Waals surface area contributed by atoms with E-state index in [2.05, 4.69) is 15.5 Å². The van der Waals surface area contributed by atoms with Crippen LogP contribution in [0.2, 0.25) is 5.02 Å². The minimum absolute atomic E-state index is 0.00875. The number of hydrogen-bond acceptors (Lipinski definition) is 3. The Morgan fingerprint density at radius 1 is 1.58 bits per heavy atom. The summed E-state index contributed by atoms with van der Waals surface area (Å²) < 4.78 is 13.2. The van der Waals surface area contributed by atoms with E-state index in [1.165, 1.54) is 12.1 Å². The average Bonchev–Trinajstić information content (AvgIpc) is 2.75. The van der Waals surface area contributed by atoms with Crippen LogP contribution in [-0.4, -0.2) is 16.1 Å². The summed E-state index contributed by atoms with van der Waals surface area (Å²) >= 11 is 5.56. The maximum atomic E-state index is 13.2. The highest BCUT2D eigenvalue weighted by molar-refractivity contribution is 6.30. The summed E-state index contributed by atoms with van der Waals surface area (Å²) in [7, 11) is 0. The highest BCUT2D eigenvalue weighted by Gasteiger charge is 2.16. The summed E-state index contributed by atoms with van der Waals surface area (Å²) in [6.07, 6.45) is 0.641. The van der Waals surface area contributed by atoms with Gasteiger partial charge in [0.2, 0.25) is 0 Å². The molecule has 1 amide bonds. The van der Waals surface area contributed by atoms with E-state index in [9.17, 15) is 9.18 Å². The number of halogens is 2. The zero-order chi connectivity index (χ0) is 14.0. The molecule has 100 valence electrons. The van der Waals surface area contributed by atoms with Crippen molar-refractivity contribution in [3.8, 4) is 0 Å². The molecule has 1 aromatic heterocycles. The standard InChI is InChI=1S/C12H12ClFN4O/c1-2-9-10(15)11(18-17-9)12(19)16-6-3-4-7(13)8(14)5-6/h3-5H,2,15H2,1H3,(H,16,19)(H,17,18). The highest BCUT2D eigenvalue weighted by atomic mass is 35.5. The molecule has 0 aliphatic heterocycles. The number of aromatic nitrogens is 2. The molecule has 0 aliphatic rings. The monoisotopic (exact) mass is 282 g/mol. The van der Waals surface area contributed by atoms with Crippen molar-refractivity contribution in [3.63, 3.8) is 0 Å². The van der Waals surface area contributed by atoms with Gasteiger partial charge >= 0.3 is 0 Å². The number of aromatic amines is 1. The third-order valence-electron chi connectivity index (χ3n) is 2.63. The van der Waals surface area contributed by atoms with Gasteiger partial charge in [-0.25, -0.2) is 4.39 Å². The van der Waals surface area contributed by atoms with E-state index in [0.717, 1.165) is 6.07 Å². The van der Waals surface area contributed by atoms with Gasteiger partial charge in [-0.2, -0.15) is 5.10 Å². The van der Waals surface area contributed by atoms with Gasteiger partial charge in [0.15, 0.2) is 5.69 Å². The molecule has 0 unspecified atom stereocenters. The lowest BCUT2D eigenvalue weighted by Gasteiger charge is -2.04. The van der Waals surface area contributed by atoms with Gasteiger partial charge in [0.25, 0.3) is 5.91 Å². The average molecular weight is 283 g/mol. The fourth-order valence-corrected chi connectivity index (χ4v) is 1.71. The SMILES string of the molecule is CCc1[nH]nc(C(=O)Nc2ccc(Cl)c(F)c2)c1N. The first-order chi connectivity index (χ1) is 9.02. The number of nitrogen functional groups attached to an aromatic ring is 1. The number of nitrogens with one attached hydrogen (secondary N) is 2. The van der Waals surface area contributed by atoms with Crippen molar-refractivity contribution in [3.05, 3.63) is 40.4 Å². The van der Waals surface area contributed by atoms with Gasteiger partial charge in [-0.3, -0.25) is 9.89 Å². The van der Waals surface area contributed by atoms with Crippen LogP contribution in [0, 0.1) is 5.82 Å². The van der Waals surface area contributed by atoms with Crippen molar-refractivity contribution in [1.29, 1.82) is 0 Å². The second-order valence-electron chi connectivity index (χ2n) is 3.90. The Morgan fingerprint density at radius 3 is 2.89 bits per heavy atom. The molecule has 7 heteroatoms. The molecule has 2 rings (SSSR count). The number of amides is 1. The van der Waals surface area contributed by atoms with Gasteiger partial charge in [0.05, 0.1) is 16.4 Å². The van der Waals surface area contributed by atoms with Crippen LogP contribution in [0.3, 0.4) is 0 Å². The van der Waals surface area contributed by atoms with Crippen molar-refractivity contribution in [2.24, 2.45) is 0 Å². The van der Waals surface area contributed by atoms with Gasteiger partial charge in [0, 0.05) is 5.69 Å². The molecule has 2 aromatic rings. The first-order valence-corrected chi connectivity index (χ1v) is 5.99. The first kappa shape index (κ1) is 13.4. The molecule has 19 heavy (non-hydrogen) atoms. The molecule has 0 spiro atoms. The molecule has 1 heterocycles. The predicted molar refractivity (Wildman–Crippen MR) is 71.7 cm³/mol. The Morgan fingerprint density at radius 2 is 2.32 bits per heavy atom. The Kier molecular flexibility index (Phi) is 3.71. The minimum Gasteiger partial charge on any atom is -0.395 e. The second-order valence-corrected chi connectivity index (χ2v) is 4.31. The quantitative estimate of drug-likeness (QED) is 0.809. The number of anilines is 2. The zero-order valence-corrected chi connectivity index (χ0v) is 10.9. The number of nitrogens with two attached hydrogens (primary N) is 1. The van der Waals surface area contributed by atoms with Crippen LogP contribution in [0.15, 0.2) is 18.2 Å². The number of hydrogen-bond donors (Lipinski definition) is 3. The lowest BCUT2D eigenvalue weighted by Crippen LogP contribution is -2.14. The van der Waals surface area contributed by atoms with Gasteiger partial charge in [0.1, 0.15) is 5.82 Å². The summed E-state index contributed by atoms with van der Waals surface area (Å²) in [6.45, 7) is 1.89. The molecule has 0 saturated carbocycles. The third kappa shape index (κ3) is 2.68. The summed E-state index contributed by atoms with van der Waals surface area (Å²) in [6, 6.07) is 3.98. The zero-order valence-electron chi connectivity index (χ0n) is 10.1. The van der Waals surface area contributed by atoms with Crippen LogP contribution >= 0.6 is 11.6 Å². The predicted octanol–water partition coefficient (Wildman–Crippen LogP) is 2.60. The molecule has 0 atom stereocenters. The van der Waals surface area contributed by atoms with Crippen LogP contribution in [0.25, 0.3) is 0 Å². The molecule has 0 fully saturated rings. The lowest BCUT2D eigenvalue weighted by molar-refractivity contribution is 0.102. The fraction of sp³-hybridized carbons (Fsp3) is 0.167. The van der Waals surface area contributed by atoms with Crippen molar-refractivity contribution in [2.45, 2.75) is 13.3 Å². The van der Waals surface area contributed by atoms with E-state index in [4.69, 9.17) is 17.3 Å². The maximum absolute atomic E-state index is 13.2. The molecule has 0 bridgehead atoms. The number of carbonyl (C=O) groups is 1. The Hall–Kier alpha value is -2.08. The number of carbonyl (C=O) groups excluding carboxylic acids is 1. The minimum atomic E-state index is -0.608. The van der Waals surface area contributed by atoms with Crippen LogP contribution in [-0.2, 0) is 6.42 Å². The van der Waals surface area contributed by atoms with E-state index in [1.54, 1.807) is 0 Å². The van der Waals surface area contributed by atoms with Crippen LogP contribution in [0.4, 0.5) is 15.8 Å². The summed E-state index contributed by atoms with van der Waals surface area (Å²) in [4.78, 5) is 11.9. The van der Waals surface area contributed by atoms with E-state index >= 15 is 0 Å². The van der Waals surface area contributed by atoms with Gasteiger partial charge in [-0.05, 0) is 24.6 Å². The lowest BCUT2D eigenvalue weighted by atomic mass is 10.2. The molecule has 1 aromatic carbocycles. The largest absolute Gasteiger partial charge is 0.395 e. The molecule has 0 radical (unpaired) electrons. The van der Waals surface area contributed by atoms with Gasteiger partial charge in [-0.15, -0.1) is 0 Å². The maximum Gasteiger partial charge on any atom is 0.278 e. The van der Waals surface area contributed by atoms with Crippen LogP contribution < -0.4 is 11.1 Å². The molecule has 0 saturated heterocycles. The Balaban J connectivity index is 2.20. The molecular weight excluding hydrogens is 271 g/mol. The highest BCUT2D eigenvalue weighted by Crippen LogP contribution is 2.20. The summed E-state index contributed by atoms with van der Waals surface area (Å²) in [5.74, 6) is -1.11. The number of rotatable bonds is 3.